The highest BCUT2D eigenvalue weighted by Crippen LogP contribution is 2.28. The Kier molecular flexibility index (Phi) is 3.28. The topological polar surface area (TPSA) is 105 Å². The summed E-state index contributed by atoms with van der Waals surface area (Å²) in [6.45, 7) is 1.49. The number of carboxylic acids is 1. The van der Waals surface area contributed by atoms with Crippen LogP contribution in [0, 0.1) is 10.1 Å². The number of aliphatic carboxylic acids is 1. The van der Waals surface area contributed by atoms with Gasteiger partial charge in [-0.15, -0.1) is 0 Å². The van der Waals surface area contributed by atoms with Gasteiger partial charge in [0.1, 0.15) is 11.6 Å². The summed E-state index contributed by atoms with van der Waals surface area (Å²) in [6.07, 6.45) is 1.41. The molecule has 98 valence electrons. The molecule has 1 aromatic heterocycles. The van der Waals surface area contributed by atoms with Crippen molar-refractivity contribution in [2.24, 2.45) is 0 Å². The Balaban J connectivity index is 2.55. The van der Waals surface area contributed by atoms with Crippen LogP contribution >= 0.6 is 0 Å². The summed E-state index contributed by atoms with van der Waals surface area (Å²) in [5.41, 5.74) is 0.628. The Morgan fingerprint density at radius 2 is 2.21 bits per heavy atom. The van der Waals surface area contributed by atoms with E-state index in [0.717, 1.165) is 0 Å². The first kappa shape index (κ1) is 12.7. The minimum absolute atomic E-state index is 0.107. The van der Waals surface area contributed by atoms with Gasteiger partial charge in [0.05, 0.1) is 4.92 Å². The largest absolute Gasteiger partial charge is 0.480 e. The molecule has 1 atom stereocenters. The van der Waals surface area contributed by atoms with Crippen LogP contribution in [0.3, 0.4) is 0 Å². The monoisotopic (exact) mass is 261 g/mol. The van der Waals surface area contributed by atoms with E-state index in [9.17, 15) is 14.9 Å². The van der Waals surface area contributed by atoms with Crippen LogP contribution in [0.2, 0.25) is 0 Å². The van der Waals surface area contributed by atoms with Crippen LogP contribution in [0.4, 0.5) is 11.4 Å². The molecule has 0 aliphatic carbocycles. The summed E-state index contributed by atoms with van der Waals surface area (Å²) < 4.78 is 0. The zero-order chi connectivity index (χ0) is 14.0. The van der Waals surface area contributed by atoms with Crippen molar-refractivity contribution in [3.63, 3.8) is 0 Å². The number of benzene rings is 1. The smallest absolute Gasteiger partial charge is 0.325 e. The number of hydrogen-bond acceptors (Lipinski definition) is 5. The number of nitro benzene ring substituents is 1. The van der Waals surface area contributed by atoms with E-state index >= 15 is 0 Å². The minimum Gasteiger partial charge on any atom is -0.480 e. The van der Waals surface area contributed by atoms with E-state index < -0.39 is 16.9 Å². The maximum absolute atomic E-state index is 10.9. The fraction of sp³-hybridized carbons (Fsp3) is 0.167. The molecule has 0 fully saturated rings. The second-order valence-corrected chi connectivity index (χ2v) is 3.99. The third-order valence-corrected chi connectivity index (χ3v) is 2.69. The number of nitrogens with zero attached hydrogens (tertiary/aromatic N) is 2. The van der Waals surface area contributed by atoms with Crippen LogP contribution in [0.5, 0.6) is 0 Å². The Bertz CT molecular complexity index is 656. The number of fused-ring (bicyclic) bond motifs is 1. The van der Waals surface area contributed by atoms with Gasteiger partial charge >= 0.3 is 5.97 Å². The van der Waals surface area contributed by atoms with Crippen LogP contribution < -0.4 is 5.32 Å². The number of anilines is 1. The van der Waals surface area contributed by atoms with Gasteiger partial charge in [-0.2, -0.15) is 0 Å². The molecule has 0 saturated heterocycles. The van der Waals surface area contributed by atoms with Crippen molar-refractivity contribution in [3.8, 4) is 0 Å². The highest BCUT2D eigenvalue weighted by Gasteiger charge is 2.16. The first-order valence-corrected chi connectivity index (χ1v) is 5.52. The highest BCUT2D eigenvalue weighted by molar-refractivity contribution is 5.97. The van der Waals surface area contributed by atoms with Crippen LogP contribution in [0.1, 0.15) is 6.92 Å². The number of non-ortho nitro benzene ring substituents is 1. The van der Waals surface area contributed by atoms with Crippen molar-refractivity contribution < 1.29 is 14.8 Å². The lowest BCUT2D eigenvalue weighted by atomic mass is 10.1. The van der Waals surface area contributed by atoms with E-state index in [4.69, 9.17) is 5.11 Å². The van der Waals surface area contributed by atoms with Crippen LogP contribution in [-0.2, 0) is 4.79 Å². The summed E-state index contributed by atoms with van der Waals surface area (Å²) in [5, 5.41) is 23.1. The van der Waals surface area contributed by atoms with Gasteiger partial charge in [0.2, 0.25) is 0 Å². The van der Waals surface area contributed by atoms with Gasteiger partial charge in [0, 0.05) is 23.3 Å². The van der Waals surface area contributed by atoms with Gasteiger partial charge in [-0.25, -0.2) is 4.98 Å². The number of aromatic nitrogens is 1. The molecule has 2 N–H and O–H groups in total. The van der Waals surface area contributed by atoms with E-state index in [1.165, 1.54) is 19.2 Å². The van der Waals surface area contributed by atoms with Crippen LogP contribution in [0.15, 0.2) is 30.5 Å². The van der Waals surface area contributed by atoms with Crippen molar-refractivity contribution in [2.75, 3.05) is 5.32 Å². The number of carbonyl (C=O) groups is 1. The van der Waals surface area contributed by atoms with E-state index in [0.29, 0.717) is 11.1 Å². The summed E-state index contributed by atoms with van der Waals surface area (Å²) in [7, 11) is 0. The van der Waals surface area contributed by atoms with E-state index in [2.05, 4.69) is 10.3 Å². The highest BCUT2D eigenvalue weighted by atomic mass is 16.6. The molecule has 7 heteroatoms. The molecule has 2 aromatic rings. The SMILES string of the molecule is CC(Nc1ccnc2c([N+](=O)[O-])cccc12)C(=O)O. The molecule has 7 nitrogen and oxygen atoms in total. The zero-order valence-corrected chi connectivity index (χ0v) is 10.0. The van der Waals surface area contributed by atoms with E-state index in [-0.39, 0.29) is 11.2 Å². The Labute approximate surface area is 108 Å². The number of pyridine rings is 1. The standard InChI is InChI=1S/C12H11N3O4/c1-7(12(16)17)14-9-5-6-13-11-8(9)3-2-4-10(11)15(18)19/h2-7H,1H3,(H,13,14)(H,16,17). The summed E-state index contributed by atoms with van der Waals surface area (Å²) in [4.78, 5) is 25.2. The predicted molar refractivity (Wildman–Crippen MR) is 69.1 cm³/mol. The molecule has 1 heterocycles. The molecule has 1 unspecified atom stereocenters. The first-order chi connectivity index (χ1) is 9.00. The fourth-order valence-corrected chi connectivity index (χ4v) is 1.73. The lowest BCUT2D eigenvalue weighted by Crippen LogP contribution is -2.25. The third-order valence-electron chi connectivity index (χ3n) is 2.69. The molecule has 2 rings (SSSR count). The Hall–Kier alpha value is -2.70. The van der Waals surface area contributed by atoms with Crippen molar-refractivity contribution in [2.45, 2.75) is 13.0 Å². The van der Waals surface area contributed by atoms with Crippen LogP contribution in [-0.4, -0.2) is 27.0 Å². The number of para-hydroxylation sites is 1. The normalized spacial score (nSPS) is 12.1. The zero-order valence-electron chi connectivity index (χ0n) is 10.0. The predicted octanol–water partition coefficient (Wildman–Crippen LogP) is 2.03. The van der Waals surface area contributed by atoms with Crippen molar-refractivity contribution >= 4 is 28.2 Å². The van der Waals surface area contributed by atoms with Gasteiger partial charge < -0.3 is 10.4 Å². The lowest BCUT2D eigenvalue weighted by Gasteiger charge is -2.12. The molecule has 0 aliphatic heterocycles. The number of rotatable bonds is 4. The molecule has 0 saturated carbocycles. The fourth-order valence-electron chi connectivity index (χ4n) is 1.73. The average Bonchev–Trinajstić information content (AvgIpc) is 2.38. The molecule has 0 aliphatic rings. The van der Waals surface area contributed by atoms with Gasteiger partial charge in [-0.3, -0.25) is 14.9 Å². The molecular weight excluding hydrogens is 250 g/mol. The molecule has 1 aromatic carbocycles. The second-order valence-electron chi connectivity index (χ2n) is 3.99. The number of nitrogens with one attached hydrogen (secondary N) is 1. The van der Waals surface area contributed by atoms with E-state index in [1.807, 2.05) is 0 Å². The average molecular weight is 261 g/mol. The summed E-state index contributed by atoms with van der Waals surface area (Å²) >= 11 is 0. The number of nitro groups is 1. The maximum Gasteiger partial charge on any atom is 0.325 e. The Morgan fingerprint density at radius 3 is 2.84 bits per heavy atom. The third kappa shape index (κ3) is 2.44. The quantitative estimate of drug-likeness (QED) is 0.644. The molecule has 0 amide bonds. The molecular formula is C12H11N3O4. The summed E-state index contributed by atoms with van der Waals surface area (Å²) in [6, 6.07) is 5.35. The number of carboxylic acid groups (broad SMARTS) is 1. The summed E-state index contributed by atoms with van der Waals surface area (Å²) in [5.74, 6) is -1.00. The molecule has 0 bridgehead atoms. The molecule has 19 heavy (non-hydrogen) atoms. The van der Waals surface area contributed by atoms with Gasteiger partial charge in [-0.05, 0) is 13.0 Å². The van der Waals surface area contributed by atoms with Gasteiger partial charge in [0.15, 0.2) is 0 Å². The first-order valence-electron chi connectivity index (χ1n) is 5.52. The van der Waals surface area contributed by atoms with Crippen LogP contribution in [0.25, 0.3) is 10.9 Å². The maximum atomic E-state index is 10.9. The van der Waals surface area contributed by atoms with E-state index in [1.54, 1.807) is 18.2 Å². The van der Waals surface area contributed by atoms with Crippen molar-refractivity contribution in [3.05, 3.63) is 40.6 Å². The second kappa shape index (κ2) is 4.89. The van der Waals surface area contributed by atoms with Gasteiger partial charge in [-0.1, -0.05) is 12.1 Å². The minimum atomic E-state index is -1.00. The van der Waals surface area contributed by atoms with Crippen molar-refractivity contribution in [1.82, 2.24) is 4.98 Å². The molecule has 0 radical (unpaired) electrons. The number of hydrogen-bond donors (Lipinski definition) is 2. The van der Waals surface area contributed by atoms with Gasteiger partial charge in [0.25, 0.3) is 5.69 Å². The Morgan fingerprint density at radius 1 is 1.47 bits per heavy atom. The lowest BCUT2D eigenvalue weighted by molar-refractivity contribution is -0.383. The van der Waals surface area contributed by atoms with Crippen molar-refractivity contribution in [1.29, 1.82) is 0 Å². The molecule has 0 spiro atoms.